The van der Waals surface area contributed by atoms with Gasteiger partial charge in [-0.15, -0.1) is 0 Å². The molecule has 2 aliphatic rings. The Balaban J connectivity index is 1.33. The molecule has 0 aromatic heterocycles. The maximum absolute atomic E-state index is 13.0. The van der Waals surface area contributed by atoms with Gasteiger partial charge in [-0.1, -0.05) is 55.0 Å². The Morgan fingerprint density at radius 2 is 1.71 bits per heavy atom. The minimum Gasteiger partial charge on any atom is -0.480 e. The van der Waals surface area contributed by atoms with E-state index in [0.29, 0.717) is 25.1 Å². The number of nitrogens with one attached hydrogen (secondary N) is 1. The van der Waals surface area contributed by atoms with Crippen molar-refractivity contribution in [3.63, 3.8) is 0 Å². The number of ether oxygens (including phenoxy) is 1. The summed E-state index contributed by atoms with van der Waals surface area (Å²) in [4.78, 5) is 38.4. The summed E-state index contributed by atoms with van der Waals surface area (Å²) >= 11 is 1.58. The number of carbonyl (C=O) groups is 3. The van der Waals surface area contributed by atoms with Crippen LogP contribution in [0.3, 0.4) is 0 Å². The molecule has 0 saturated heterocycles. The molecule has 1 saturated carbocycles. The van der Waals surface area contributed by atoms with Crippen molar-refractivity contribution in [3.8, 4) is 11.1 Å². The van der Waals surface area contributed by atoms with E-state index in [9.17, 15) is 19.5 Å². The lowest BCUT2D eigenvalue weighted by Gasteiger charge is -2.32. The number of amides is 2. The second-order valence-electron chi connectivity index (χ2n) is 9.18. The lowest BCUT2D eigenvalue weighted by atomic mass is 9.85. The number of carboxylic acids is 1. The fourth-order valence-electron chi connectivity index (χ4n) is 5.24. The molecule has 35 heavy (non-hydrogen) atoms. The number of rotatable bonds is 9. The summed E-state index contributed by atoms with van der Waals surface area (Å²) in [6, 6.07) is 16.2. The molecule has 2 unspecified atom stereocenters. The smallest absolute Gasteiger partial charge is 0.407 e. The van der Waals surface area contributed by atoms with E-state index in [2.05, 4.69) is 29.6 Å². The first-order valence-corrected chi connectivity index (χ1v) is 13.5. The SMILES string of the molecule is CSCCN(CC(=O)O)C(=O)C1CCCC(NC(=O)OCC2c3ccccc3-c3ccccc32)C1. The van der Waals surface area contributed by atoms with Crippen molar-refractivity contribution in [2.45, 2.75) is 37.6 Å². The number of carboxylic acid groups (broad SMARTS) is 1. The highest BCUT2D eigenvalue weighted by molar-refractivity contribution is 7.98. The summed E-state index contributed by atoms with van der Waals surface area (Å²) in [7, 11) is 0. The van der Waals surface area contributed by atoms with Crippen LogP contribution in [0.5, 0.6) is 0 Å². The molecule has 2 amide bonds. The maximum atomic E-state index is 13.0. The number of alkyl carbamates (subject to hydrolysis) is 1. The van der Waals surface area contributed by atoms with Crippen LogP contribution in [0.15, 0.2) is 48.5 Å². The van der Waals surface area contributed by atoms with Gasteiger partial charge in [-0.3, -0.25) is 9.59 Å². The van der Waals surface area contributed by atoms with E-state index in [1.165, 1.54) is 16.0 Å². The fourth-order valence-corrected chi connectivity index (χ4v) is 5.65. The standard InChI is InChI=1S/C27H32N2O5S/c1-35-14-13-29(16-25(30)31)26(32)18-7-6-8-19(15-18)28-27(33)34-17-24-22-11-4-2-9-20(22)21-10-3-5-12-23(21)24/h2-5,9-12,18-19,24H,6-8,13-17H2,1H3,(H,28,33)(H,30,31). The van der Waals surface area contributed by atoms with E-state index in [4.69, 9.17) is 4.74 Å². The Kier molecular flexibility index (Phi) is 8.33. The summed E-state index contributed by atoms with van der Waals surface area (Å²) < 4.78 is 5.67. The van der Waals surface area contributed by atoms with Gasteiger partial charge in [0.05, 0.1) is 0 Å². The van der Waals surface area contributed by atoms with E-state index in [0.717, 1.165) is 24.0 Å². The van der Waals surface area contributed by atoms with Gasteiger partial charge in [0.25, 0.3) is 0 Å². The summed E-state index contributed by atoms with van der Waals surface area (Å²) in [5.74, 6) is -0.754. The summed E-state index contributed by atoms with van der Waals surface area (Å²) in [6.07, 6.45) is 4.23. The minimum atomic E-state index is -1.01. The molecule has 4 rings (SSSR count). The van der Waals surface area contributed by atoms with Gasteiger partial charge in [-0.2, -0.15) is 11.8 Å². The quantitative estimate of drug-likeness (QED) is 0.536. The first-order valence-electron chi connectivity index (χ1n) is 12.1. The molecular formula is C27H32N2O5S. The second-order valence-corrected chi connectivity index (χ2v) is 10.2. The third-order valence-electron chi connectivity index (χ3n) is 6.89. The maximum Gasteiger partial charge on any atom is 0.407 e. The van der Waals surface area contributed by atoms with Crippen molar-refractivity contribution >= 4 is 29.7 Å². The van der Waals surface area contributed by atoms with Crippen molar-refractivity contribution in [1.82, 2.24) is 10.2 Å². The predicted octanol–water partition coefficient (Wildman–Crippen LogP) is 4.36. The van der Waals surface area contributed by atoms with Crippen LogP contribution in [0.1, 0.15) is 42.7 Å². The van der Waals surface area contributed by atoms with Gasteiger partial charge in [0.2, 0.25) is 5.91 Å². The average molecular weight is 497 g/mol. The predicted molar refractivity (Wildman–Crippen MR) is 137 cm³/mol. The minimum absolute atomic E-state index is 0.00477. The van der Waals surface area contributed by atoms with E-state index in [1.807, 2.05) is 30.5 Å². The highest BCUT2D eigenvalue weighted by Gasteiger charge is 2.33. The Bertz CT molecular complexity index is 1030. The topological polar surface area (TPSA) is 95.9 Å². The van der Waals surface area contributed by atoms with Gasteiger partial charge in [-0.25, -0.2) is 4.79 Å². The van der Waals surface area contributed by atoms with Gasteiger partial charge in [0.15, 0.2) is 0 Å². The highest BCUT2D eigenvalue weighted by atomic mass is 32.2. The van der Waals surface area contributed by atoms with Crippen LogP contribution in [0.25, 0.3) is 11.1 Å². The van der Waals surface area contributed by atoms with Crippen LogP contribution in [-0.2, 0) is 14.3 Å². The van der Waals surface area contributed by atoms with Crippen molar-refractivity contribution in [2.24, 2.45) is 5.92 Å². The molecule has 2 atom stereocenters. The zero-order valence-electron chi connectivity index (χ0n) is 19.9. The third kappa shape index (κ3) is 5.99. The molecular weight excluding hydrogens is 464 g/mol. The van der Waals surface area contributed by atoms with Crippen LogP contribution in [-0.4, -0.2) is 65.7 Å². The monoisotopic (exact) mass is 496 g/mol. The van der Waals surface area contributed by atoms with Crippen molar-refractivity contribution in [2.75, 3.05) is 31.7 Å². The first-order chi connectivity index (χ1) is 17.0. The average Bonchev–Trinajstić information content (AvgIpc) is 3.18. The molecule has 2 aliphatic carbocycles. The van der Waals surface area contributed by atoms with E-state index < -0.39 is 12.1 Å². The number of benzene rings is 2. The molecule has 0 aliphatic heterocycles. The van der Waals surface area contributed by atoms with Crippen molar-refractivity contribution < 1.29 is 24.2 Å². The van der Waals surface area contributed by atoms with Gasteiger partial charge in [0.1, 0.15) is 13.2 Å². The number of aliphatic carboxylic acids is 1. The number of fused-ring (bicyclic) bond motifs is 3. The lowest BCUT2D eigenvalue weighted by molar-refractivity contribution is -0.146. The molecule has 186 valence electrons. The molecule has 7 nitrogen and oxygen atoms in total. The molecule has 0 heterocycles. The Hall–Kier alpha value is -3.00. The van der Waals surface area contributed by atoms with E-state index in [1.54, 1.807) is 11.8 Å². The van der Waals surface area contributed by atoms with Crippen molar-refractivity contribution in [3.05, 3.63) is 59.7 Å². The zero-order valence-corrected chi connectivity index (χ0v) is 20.8. The molecule has 2 aromatic rings. The highest BCUT2D eigenvalue weighted by Crippen LogP contribution is 2.44. The van der Waals surface area contributed by atoms with Crippen LogP contribution in [0.2, 0.25) is 0 Å². The zero-order chi connectivity index (χ0) is 24.8. The number of thioether (sulfide) groups is 1. The number of hydrogen-bond donors (Lipinski definition) is 2. The summed E-state index contributed by atoms with van der Waals surface area (Å²) in [6.45, 7) is 0.365. The van der Waals surface area contributed by atoms with E-state index >= 15 is 0 Å². The third-order valence-corrected chi connectivity index (χ3v) is 7.48. The number of nitrogens with zero attached hydrogens (tertiary/aromatic N) is 1. The molecule has 8 heteroatoms. The molecule has 2 N–H and O–H groups in total. The molecule has 0 radical (unpaired) electrons. The molecule has 2 aromatic carbocycles. The Labute approximate surface area is 210 Å². The van der Waals surface area contributed by atoms with E-state index in [-0.39, 0.29) is 36.9 Å². The first kappa shape index (κ1) is 25.1. The number of carbonyl (C=O) groups excluding carboxylic acids is 2. The Morgan fingerprint density at radius 3 is 2.34 bits per heavy atom. The van der Waals surface area contributed by atoms with Crippen LogP contribution in [0.4, 0.5) is 4.79 Å². The van der Waals surface area contributed by atoms with Crippen LogP contribution >= 0.6 is 11.8 Å². The normalized spacial score (nSPS) is 18.9. The Morgan fingerprint density at radius 1 is 1.06 bits per heavy atom. The van der Waals surface area contributed by atoms with Crippen LogP contribution in [0, 0.1) is 5.92 Å². The largest absolute Gasteiger partial charge is 0.480 e. The van der Waals surface area contributed by atoms with Gasteiger partial charge in [0, 0.05) is 30.2 Å². The van der Waals surface area contributed by atoms with Crippen molar-refractivity contribution in [1.29, 1.82) is 0 Å². The van der Waals surface area contributed by atoms with Gasteiger partial charge < -0.3 is 20.1 Å². The van der Waals surface area contributed by atoms with Gasteiger partial charge >= 0.3 is 12.1 Å². The summed E-state index contributed by atoms with van der Waals surface area (Å²) in [5.41, 5.74) is 4.68. The fraction of sp³-hybridized carbons (Fsp3) is 0.444. The van der Waals surface area contributed by atoms with Gasteiger partial charge in [-0.05, 0) is 47.8 Å². The molecule has 0 spiro atoms. The lowest BCUT2D eigenvalue weighted by Crippen LogP contribution is -2.46. The number of hydrogen-bond acceptors (Lipinski definition) is 5. The second kappa shape index (κ2) is 11.6. The summed E-state index contributed by atoms with van der Waals surface area (Å²) in [5, 5.41) is 12.1. The van der Waals surface area contributed by atoms with Crippen LogP contribution < -0.4 is 5.32 Å². The molecule has 0 bridgehead atoms. The molecule has 1 fully saturated rings.